The second kappa shape index (κ2) is 6.08. The number of carbonyl (C=O) groups is 1. The predicted octanol–water partition coefficient (Wildman–Crippen LogP) is 3.55. The molecule has 6 heteroatoms. The summed E-state index contributed by atoms with van der Waals surface area (Å²) in [6, 6.07) is 13.4. The van der Waals surface area contributed by atoms with Crippen LogP contribution in [-0.2, 0) is 0 Å². The van der Waals surface area contributed by atoms with Gasteiger partial charge in [-0.1, -0.05) is 6.07 Å². The van der Waals surface area contributed by atoms with Gasteiger partial charge in [0.1, 0.15) is 0 Å². The summed E-state index contributed by atoms with van der Waals surface area (Å²) in [5, 5.41) is 14.1. The zero-order chi connectivity index (χ0) is 14.5. The van der Waals surface area contributed by atoms with Crippen LogP contribution in [0.4, 0.5) is 21.9 Å². The van der Waals surface area contributed by atoms with E-state index in [1.807, 2.05) is 6.07 Å². The molecule has 0 radical (unpaired) electrons. The zero-order valence-corrected chi connectivity index (χ0v) is 11.9. The quantitative estimate of drug-likeness (QED) is 0.735. The second-order valence-corrected chi connectivity index (χ2v) is 4.86. The van der Waals surface area contributed by atoms with E-state index in [1.165, 1.54) is 0 Å². The van der Waals surface area contributed by atoms with Crippen molar-refractivity contribution < 1.29 is 4.79 Å². The van der Waals surface area contributed by atoms with Gasteiger partial charge < -0.3 is 16.4 Å². The molecular formula is C14H11BrN4O. The normalized spacial score (nSPS) is 9.60. The minimum atomic E-state index is -0.401. The smallest absolute Gasteiger partial charge is 0.323 e. The van der Waals surface area contributed by atoms with Crippen molar-refractivity contribution in [3.8, 4) is 6.07 Å². The average Bonchev–Trinajstić information content (AvgIpc) is 2.43. The Hall–Kier alpha value is -2.52. The molecule has 0 aromatic heterocycles. The van der Waals surface area contributed by atoms with E-state index >= 15 is 0 Å². The minimum absolute atomic E-state index is 0.401. The molecule has 0 bridgehead atoms. The van der Waals surface area contributed by atoms with Crippen molar-refractivity contribution in [1.82, 2.24) is 0 Å². The highest BCUT2D eigenvalue weighted by molar-refractivity contribution is 9.10. The molecule has 0 fully saturated rings. The first-order chi connectivity index (χ1) is 9.58. The van der Waals surface area contributed by atoms with Gasteiger partial charge in [0.25, 0.3) is 0 Å². The molecule has 0 unspecified atom stereocenters. The molecule has 0 saturated heterocycles. The van der Waals surface area contributed by atoms with Crippen LogP contribution in [0.2, 0.25) is 0 Å². The van der Waals surface area contributed by atoms with Crippen molar-refractivity contribution >= 4 is 39.0 Å². The van der Waals surface area contributed by atoms with Gasteiger partial charge in [0.2, 0.25) is 0 Å². The third kappa shape index (κ3) is 3.49. The highest BCUT2D eigenvalue weighted by atomic mass is 79.9. The number of nitriles is 1. The van der Waals surface area contributed by atoms with Crippen LogP contribution < -0.4 is 16.4 Å². The number of urea groups is 1. The standard InChI is InChI=1S/C14H11BrN4O/c15-12-5-4-11(7-13(12)17)19-14(20)18-10-3-1-2-9(6-10)8-16/h1-7H,17H2,(H2,18,19,20). The van der Waals surface area contributed by atoms with E-state index in [-0.39, 0.29) is 0 Å². The summed E-state index contributed by atoms with van der Waals surface area (Å²) in [6.45, 7) is 0. The first kappa shape index (κ1) is 13.9. The summed E-state index contributed by atoms with van der Waals surface area (Å²) in [5.74, 6) is 0. The molecular weight excluding hydrogens is 320 g/mol. The Morgan fingerprint density at radius 2 is 1.85 bits per heavy atom. The van der Waals surface area contributed by atoms with E-state index in [0.717, 1.165) is 4.47 Å². The lowest BCUT2D eigenvalue weighted by Gasteiger charge is -2.09. The van der Waals surface area contributed by atoms with Crippen molar-refractivity contribution in [3.05, 3.63) is 52.5 Å². The number of hydrogen-bond acceptors (Lipinski definition) is 3. The largest absolute Gasteiger partial charge is 0.398 e. The summed E-state index contributed by atoms with van der Waals surface area (Å²) >= 11 is 3.28. The number of hydrogen-bond donors (Lipinski definition) is 3. The number of nitrogen functional groups attached to an aromatic ring is 1. The summed E-state index contributed by atoms with van der Waals surface area (Å²) in [4.78, 5) is 11.8. The summed E-state index contributed by atoms with van der Waals surface area (Å²) in [5.41, 5.74) is 7.88. The molecule has 0 saturated carbocycles. The highest BCUT2D eigenvalue weighted by Crippen LogP contribution is 2.23. The molecule has 0 aliphatic heterocycles. The van der Waals surface area contributed by atoms with E-state index in [9.17, 15) is 4.79 Å². The maximum atomic E-state index is 11.8. The fourth-order valence-electron chi connectivity index (χ4n) is 1.58. The van der Waals surface area contributed by atoms with Crippen molar-refractivity contribution in [2.45, 2.75) is 0 Å². The number of nitrogens with zero attached hydrogens (tertiary/aromatic N) is 1. The van der Waals surface area contributed by atoms with Crippen LogP contribution in [0, 0.1) is 11.3 Å². The predicted molar refractivity (Wildman–Crippen MR) is 82.4 cm³/mol. The fourth-order valence-corrected chi connectivity index (χ4v) is 1.83. The van der Waals surface area contributed by atoms with Crippen LogP contribution >= 0.6 is 15.9 Å². The molecule has 100 valence electrons. The summed E-state index contributed by atoms with van der Waals surface area (Å²) < 4.78 is 0.769. The van der Waals surface area contributed by atoms with Gasteiger partial charge in [0.05, 0.1) is 11.6 Å². The van der Waals surface area contributed by atoms with Crippen LogP contribution in [0.1, 0.15) is 5.56 Å². The number of nitrogens with one attached hydrogen (secondary N) is 2. The van der Waals surface area contributed by atoms with E-state index in [1.54, 1.807) is 42.5 Å². The molecule has 0 heterocycles. The number of amides is 2. The molecule has 2 aromatic carbocycles. The van der Waals surface area contributed by atoms with Crippen molar-refractivity contribution in [2.24, 2.45) is 0 Å². The maximum absolute atomic E-state index is 11.8. The second-order valence-electron chi connectivity index (χ2n) is 4.01. The lowest BCUT2D eigenvalue weighted by Crippen LogP contribution is -2.19. The van der Waals surface area contributed by atoms with Crippen LogP contribution in [0.25, 0.3) is 0 Å². The van der Waals surface area contributed by atoms with Gasteiger partial charge >= 0.3 is 6.03 Å². The van der Waals surface area contributed by atoms with E-state index in [4.69, 9.17) is 11.0 Å². The number of nitrogens with two attached hydrogens (primary N) is 1. The third-order valence-corrected chi connectivity index (χ3v) is 3.23. The van der Waals surface area contributed by atoms with Gasteiger partial charge in [-0.2, -0.15) is 5.26 Å². The Bertz CT molecular complexity index is 694. The van der Waals surface area contributed by atoms with Gasteiger partial charge in [-0.25, -0.2) is 4.79 Å². The van der Waals surface area contributed by atoms with Crippen LogP contribution in [0.15, 0.2) is 46.9 Å². The summed E-state index contributed by atoms with van der Waals surface area (Å²) in [6.07, 6.45) is 0. The Kier molecular flexibility index (Phi) is 4.23. The number of anilines is 3. The number of benzene rings is 2. The molecule has 2 rings (SSSR count). The lowest BCUT2D eigenvalue weighted by atomic mass is 10.2. The Morgan fingerprint density at radius 3 is 2.50 bits per heavy atom. The maximum Gasteiger partial charge on any atom is 0.323 e. The Labute approximate surface area is 124 Å². The Balaban J connectivity index is 2.05. The average molecular weight is 331 g/mol. The van der Waals surface area contributed by atoms with Crippen molar-refractivity contribution in [3.63, 3.8) is 0 Å². The monoisotopic (exact) mass is 330 g/mol. The minimum Gasteiger partial charge on any atom is -0.398 e. The fraction of sp³-hybridized carbons (Fsp3) is 0. The van der Waals surface area contributed by atoms with E-state index < -0.39 is 6.03 Å². The molecule has 0 aliphatic carbocycles. The SMILES string of the molecule is N#Cc1cccc(NC(=O)Nc2ccc(Br)c(N)c2)c1. The summed E-state index contributed by atoms with van der Waals surface area (Å²) in [7, 11) is 0. The lowest BCUT2D eigenvalue weighted by molar-refractivity contribution is 0.262. The van der Waals surface area contributed by atoms with E-state index in [0.29, 0.717) is 22.6 Å². The zero-order valence-electron chi connectivity index (χ0n) is 10.4. The van der Waals surface area contributed by atoms with Gasteiger partial charge in [-0.15, -0.1) is 0 Å². The molecule has 0 atom stereocenters. The van der Waals surface area contributed by atoms with Crippen LogP contribution in [-0.4, -0.2) is 6.03 Å². The van der Waals surface area contributed by atoms with Crippen LogP contribution in [0.5, 0.6) is 0 Å². The number of carbonyl (C=O) groups excluding carboxylic acids is 1. The molecule has 0 spiro atoms. The first-order valence-corrected chi connectivity index (χ1v) is 6.51. The van der Waals surface area contributed by atoms with Crippen LogP contribution in [0.3, 0.4) is 0 Å². The van der Waals surface area contributed by atoms with Crippen molar-refractivity contribution in [1.29, 1.82) is 5.26 Å². The van der Waals surface area contributed by atoms with Gasteiger partial charge in [0, 0.05) is 21.5 Å². The number of halogens is 1. The van der Waals surface area contributed by atoms with Crippen molar-refractivity contribution in [2.75, 3.05) is 16.4 Å². The molecule has 0 aliphatic rings. The Morgan fingerprint density at radius 1 is 1.15 bits per heavy atom. The molecule has 2 amide bonds. The number of rotatable bonds is 2. The highest BCUT2D eigenvalue weighted by Gasteiger charge is 2.04. The van der Waals surface area contributed by atoms with Gasteiger partial charge in [0.15, 0.2) is 0 Å². The molecule has 4 N–H and O–H groups in total. The van der Waals surface area contributed by atoms with Gasteiger partial charge in [-0.05, 0) is 52.3 Å². The molecule has 2 aromatic rings. The topological polar surface area (TPSA) is 90.9 Å². The van der Waals surface area contributed by atoms with E-state index in [2.05, 4.69) is 26.6 Å². The molecule has 5 nitrogen and oxygen atoms in total. The van der Waals surface area contributed by atoms with Gasteiger partial charge in [-0.3, -0.25) is 0 Å². The third-order valence-electron chi connectivity index (χ3n) is 2.50. The first-order valence-electron chi connectivity index (χ1n) is 5.71. The molecule has 20 heavy (non-hydrogen) atoms.